The highest BCUT2D eigenvalue weighted by Crippen LogP contribution is 2.37. The molecule has 1 saturated heterocycles. The third kappa shape index (κ3) is 6.92. The minimum atomic E-state index is -0.525. The molecular weight excluding hydrogens is 601 g/mol. The minimum Gasteiger partial charge on any atom is -0.380 e. The maximum Gasteiger partial charge on any atom is 0.255 e. The lowest BCUT2D eigenvalue weighted by Gasteiger charge is -2.41. The normalized spacial score (nSPS) is 16.8. The molecule has 2 aliphatic rings. The zero-order valence-corrected chi connectivity index (χ0v) is 28.0. The zero-order chi connectivity index (χ0) is 31.8. The Bertz CT molecular complexity index is 1560. The van der Waals surface area contributed by atoms with Crippen LogP contribution in [0.2, 0.25) is 10.0 Å². The summed E-state index contributed by atoms with van der Waals surface area (Å²) in [7, 11) is 3.82. The Morgan fingerprint density at radius 3 is 2.48 bits per heavy atom. The molecule has 3 N–H and O–H groups in total. The Kier molecular flexibility index (Phi) is 9.35. The van der Waals surface area contributed by atoms with Crippen LogP contribution in [0, 0.1) is 10.8 Å². The molecule has 2 amide bonds. The zero-order valence-electron chi connectivity index (χ0n) is 26.4. The minimum absolute atomic E-state index is 0.00740. The van der Waals surface area contributed by atoms with Crippen molar-refractivity contribution in [3.05, 3.63) is 39.4 Å². The second-order valence-corrected chi connectivity index (χ2v) is 14.4. The number of aromatic nitrogens is 3. The van der Waals surface area contributed by atoms with Crippen LogP contribution in [-0.2, 0) is 23.1 Å². The van der Waals surface area contributed by atoms with Gasteiger partial charge < -0.3 is 25.6 Å². The van der Waals surface area contributed by atoms with Crippen molar-refractivity contribution in [3.8, 4) is 0 Å². The number of ether oxygens (including phenoxy) is 1. The number of rotatable bonds is 9. The number of nitrogens with zero attached hydrogens (tertiary/aromatic N) is 4. The van der Waals surface area contributed by atoms with Gasteiger partial charge in [-0.05, 0) is 30.5 Å². The lowest BCUT2D eigenvalue weighted by molar-refractivity contribution is -0.128. The molecule has 2 fully saturated rings. The van der Waals surface area contributed by atoms with E-state index in [0.29, 0.717) is 69.5 Å². The molecule has 0 radical (unpaired) electrons. The highest BCUT2D eigenvalue weighted by atomic mass is 35.5. The lowest BCUT2D eigenvalue weighted by Crippen LogP contribution is -2.48. The molecule has 0 spiro atoms. The first-order chi connectivity index (χ1) is 20.8. The number of amides is 2. The van der Waals surface area contributed by atoms with Gasteiger partial charge in [0.05, 0.1) is 34.5 Å². The van der Waals surface area contributed by atoms with Gasteiger partial charge in [0.15, 0.2) is 5.65 Å². The van der Waals surface area contributed by atoms with Crippen LogP contribution in [0.15, 0.2) is 18.2 Å². The van der Waals surface area contributed by atoms with E-state index in [1.54, 1.807) is 12.1 Å². The van der Waals surface area contributed by atoms with E-state index in [4.69, 9.17) is 37.9 Å². The number of anilines is 3. The number of aryl methyl sites for hydroxylation is 1. The molecule has 44 heavy (non-hydrogen) atoms. The van der Waals surface area contributed by atoms with Crippen molar-refractivity contribution < 1.29 is 14.3 Å². The van der Waals surface area contributed by atoms with Crippen LogP contribution in [-0.4, -0.2) is 59.2 Å². The predicted octanol–water partition coefficient (Wildman–Crippen LogP) is 6.22. The van der Waals surface area contributed by atoms with Gasteiger partial charge in [0.2, 0.25) is 11.9 Å². The van der Waals surface area contributed by atoms with E-state index in [1.165, 1.54) is 6.42 Å². The maximum absolute atomic E-state index is 13.7. The van der Waals surface area contributed by atoms with Crippen molar-refractivity contribution >= 4 is 63.6 Å². The van der Waals surface area contributed by atoms with Gasteiger partial charge >= 0.3 is 0 Å². The highest BCUT2D eigenvalue weighted by Gasteiger charge is 2.36. The molecule has 1 aliphatic carbocycles. The molecule has 3 aromatic rings. The monoisotopic (exact) mass is 643 g/mol. The Hall–Kier alpha value is -3.08. The van der Waals surface area contributed by atoms with Crippen LogP contribution in [0.25, 0.3) is 11.2 Å². The molecule has 0 unspecified atom stereocenters. The van der Waals surface area contributed by atoms with Crippen LogP contribution < -0.4 is 20.9 Å². The average molecular weight is 645 g/mol. The molecule has 1 aliphatic heterocycles. The Morgan fingerprint density at radius 1 is 1.14 bits per heavy atom. The molecule has 1 aromatic carbocycles. The topological polar surface area (TPSA) is 113 Å². The third-order valence-electron chi connectivity index (χ3n) is 8.42. The molecule has 12 heteroatoms. The molecule has 1 saturated carbocycles. The molecule has 3 heterocycles. The molecule has 0 bridgehead atoms. The maximum atomic E-state index is 13.7. The van der Waals surface area contributed by atoms with Crippen molar-refractivity contribution in [1.82, 2.24) is 25.2 Å². The largest absolute Gasteiger partial charge is 0.380 e. The van der Waals surface area contributed by atoms with Crippen LogP contribution in [0.4, 0.5) is 17.5 Å². The fourth-order valence-electron chi connectivity index (χ4n) is 5.77. The SMILES string of the molecule is CN(CC1(C)COC1)c1nc2c(cc1C(=O)NC1CCCCC1)nc(Nc1c(Cl)ccc(CNC(=O)C(C)(C)C)c1Cl)n2C. The first-order valence-electron chi connectivity index (χ1n) is 15.3. The molecule has 10 nitrogen and oxygen atoms in total. The van der Waals surface area contributed by atoms with Crippen molar-refractivity contribution in [2.24, 2.45) is 17.9 Å². The van der Waals surface area contributed by atoms with Gasteiger partial charge in [0, 0.05) is 44.1 Å². The second-order valence-electron chi connectivity index (χ2n) is 13.6. The number of fused-ring (bicyclic) bond motifs is 1. The van der Waals surface area contributed by atoms with Crippen LogP contribution >= 0.6 is 23.2 Å². The number of imidazole rings is 1. The summed E-state index contributed by atoms with van der Waals surface area (Å²) < 4.78 is 7.30. The van der Waals surface area contributed by atoms with Crippen molar-refractivity contribution in [2.75, 3.05) is 37.0 Å². The quantitative estimate of drug-likeness (QED) is 0.254. The number of hydrogen-bond donors (Lipinski definition) is 3. The summed E-state index contributed by atoms with van der Waals surface area (Å²) in [6, 6.07) is 5.51. The fourth-order valence-corrected chi connectivity index (χ4v) is 6.30. The molecule has 238 valence electrons. The van der Waals surface area contributed by atoms with Crippen molar-refractivity contribution in [3.63, 3.8) is 0 Å². The van der Waals surface area contributed by atoms with Crippen LogP contribution in [0.1, 0.15) is 75.7 Å². The van der Waals surface area contributed by atoms with Gasteiger partial charge in [-0.3, -0.25) is 14.2 Å². The molecular formula is C32H43Cl2N7O3. The highest BCUT2D eigenvalue weighted by molar-refractivity contribution is 6.39. The summed E-state index contributed by atoms with van der Waals surface area (Å²) in [5.41, 5.74) is 2.33. The first-order valence-corrected chi connectivity index (χ1v) is 16.0. The number of carbonyl (C=O) groups excluding carboxylic acids is 2. The van der Waals surface area contributed by atoms with E-state index >= 15 is 0 Å². The second kappa shape index (κ2) is 12.7. The van der Waals surface area contributed by atoms with Crippen LogP contribution in [0.3, 0.4) is 0 Å². The smallest absolute Gasteiger partial charge is 0.255 e. The number of hydrogen-bond acceptors (Lipinski definition) is 7. The number of carbonyl (C=O) groups is 2. The summed E-state index contributed by atoms with van der Waals surface area (Å²) >= 11 is 13.4. The van der Waals surface area contributed by atoms with E-state index in [9.17, 15) is 9.59 Å². The third-order valence-corrected chi connectivity index (χ3v) is 9.17. The van der Waals surface area contributed by atoms with Crippen molar-refractivity contribution in [1.29, 1.82) is 0 Å². The number of nitrogens with one attached hydrogen (secondary N) is 3. The average Bonchev–Trinajstić information content (AvgIpc) is 3.27. The number of halogens is 2. The fraction of sp³-hybridized carbons (Fsp3) is 0.562. The Morgan fingerprint density at radius 2 is 1.84 bits per heavy atom. The van der Waals surface area contributed by atoms with E-state index in [2.05, 4.69) is 22.9 Å². The Balaban J connectivity index is 1.47. The van der Waals surface area contributed by atoms with Gasteiger partial charge in [-0.25, -0.2) is 9.97 Å². The van der Waals surface area contributed by atoms with E-state index < -0.39 is 5.41 Å². The number of benzene rings is 1. The van der Waals surface area contributed by atoms with Crippen molar-refractivity contribution in [2.45, 2.75) is 72.4 Å². The Labute approximate surface area is 269 Å². The lowest BCUT2D eigenvalue weighted by atomic mass is 9.88. The molecule has 5 rings (SSSR count). The molecule has 2 aromatic heterocycles. The van der Waals surface area contributed by atoms with Gasteiger partial charge in [-0.2, -0.15) is 0 Å². The van der Waals surface area contributed by atoms with E-state index in [1.807, 2.05) is 50.4 Å². The summed E-state index contributed by atoms with van der Waals surface area (Å²) in [5, 5.41) is 10.3. The summed E-state index contributed by atoms with van der Waals surface area (Å²) in [5.74, 6) is 0.841. The van der Waals surface area contributed by atoms with Gasteiger partial charge in [-0.1, -0.05) is 76.2 Å². The van der Waals surface area contributed by atoms with Gasteiger partial charge in [0.25, 0.3) is 5.91 Å². The van der Waals surface area contributed by atoms with Gasteiger partial charge in [0.1, 0.15) is 11.3 Å². The van der Waals surface area contributed by atoms with Gasteiger partial charge in [-0.15, -0.1) is 0 Å². The van der Waals surface area contributed by atoms with Crippen LogP contribution in [0.5, 0.6) is 0 Å². The summed E-state index contributed by atoms with van der Waals surface area (Å²) in [6.45, 7) is 10.0. The van der Waals surface area contributed by atoms with E-state index in [-0.39, 0.29) is 29.8 Å². The van der Waals surface area contributed by atoms with E-state index in [0.717, 1.165) is 25.7 Å². The summed E-state index contributed by atoms with van der Waals surface area (Å²) in [4.78, 5) is 38.0. The standard InChI is InChI=1S/C32H43Cl2N7O3/c1-31(2,3)29(43)35-15-19-12-13-22(33)25(24(19)34)38-30-37-23-14-21(28(42)36-20-10-8-7-9-11-20)26(39-27(23)41(30)6)40(5)16-32(4)17-44-18-32/h12-14,20H,7-11,15-18H2,1-6H3,(H,35,43)(H,36,42)(H,37,38). The number of pyridine rings is 1. The predicted molar refractivity (Wildman–Crippen MR) is 176 cm³/mol. The summed E-state index contributed by atoms with van der Waals surface area (Å²) in [6.07, 6.45) is 5.43. The first kappa shape index (κ1) is 32.3. The molecule has 0 atom stereocenters.